The molecule has 0 amide bonds. The second-order valence-electron chi connectivity index (χ2n) is 3.04. The van der Waals surface area contributed by atoms with Gasteiger partial charge in [-0.05, 0) is 17.7 Å². The van der Waals surface area contributed by atoms with Crippen molar-refractivity contribution < 1.29 is 17.9 Å². The minimum atomic E-state index is -4.14. The standard InChI is InChI=1S/C10H10BrF3O/c11-9-3-1-8(2-4-9)7-15-6-5-10(12,13)14/h1-4H,5-7H2. The minimum Gasteiger partial charge on any atom is -0.376 e. The van der Waals surface area contributed by atoms with E-state index in [9.17, 15) is 13.2 Å². The number of ether oxygens (including phenoxy) is 1. The smallest absolute Gasteiger partial charge is 0.376 e. The Morgan fingerprint density at radius 3 is 2.27 bits per heavy atom. The van der Waals surface area contributed by atoms with E-state index in [4.69, 9.17) is 4.74 Å². The van der Waals surface area contributed by atoms with Crippen molar-refractivity contribution in [1.82, 2.24) is 0 Å². The first kappa shape index (κ1) is 12.5. The zero-order valence-electron chi connectivity index (χ0n) is 7.85. The SMILES string of the molecule is FC(F)(F)CCOCc1ccc(Br)cc1. The highest BCUT2D eigenvalue weighted by atomic mass is 79.9. The Hall–Kier alpha value is -0.550. The highest BCUT2D eigenvalue weighted by Gasteiger charge is 2.26. The van der Waals surface area contributed by atoms with Crippen molar-refractivity contribution in [3.05, 3.63) is 34.3 Å². The minimum absolute atomic E-state index is 0.212. The molecule has 0 atom stereocenters. The first-order valence-corrected chi connectivity index (χ1v) is 5.15. The lowest BCUT2D eigenvalue weighted by Gasteiger charge is -2.07. The largest absolute Gasteiger partial charge is 0.391 e. The van der Waals surface area contributed by atoms with Crippen LogP contribution < -0.4 is 0 Å². The van der Waals surface area contributed by atoms with Crippen molar-refractivity contribution in [3.63, 3.8) is 0 Å². The molecule has 0 aromatic heterocycles. The monoisotopic (exact) mass is 282 g/mol. The molecule has 15 heavy (non-hydrogen) atoms. The maximum atomic E-state index is 11.7. The van der Waals surface area contributed by atoms with Crippen LogP contribution in [0.2, 0.25) is 0 Å². The molecule has 0 radical (unpaired) electrons. The molecular weight excluding hydrogens is 273 g/mol. The van der Waals surface area contributed by atoms with Crippen molar-refractivity contribution in [2.24, 2.45) is 0 Å². The molecule has 0 aliphatic carbocycles. The molecule has 1 rings (SSSR count). The van der Waals surface area contributed by atoms with E-state index in [0.717, 1.165) is 10.0 Å². The van der Waals surface area contributed by atoms with Gasteiger partial charge in [0.1, 0.15) is 0 Å². The van der Waals surface area contributed by atoms with E-state index in [-0.39, 0.29) is 13.2 Å². The molecule has 1 aromatic rings. The van der Waals surface area contributed by atoms with Crippen molar-refractivity contribution in [1.29, 1.82) is 0 Å². The summed E-state index contributed by atoms with van der Waals surface area (Å²) in [6, 6.07) is 7.25. The van der Waals surface area contributed by atoms with E-state index in [0.29, 0.717) is 0 Å². The zero-order chi connectivity index (χ0) is 11.3. The van der Waals surface area contributed by atoms with Gasteiger partial charge in [-0.2, -0.15) is 13.2 Å². The van der Waals surface area contributed by atoms with Gasteiger partial charge in [0.05, 0.1) is 19.6 Å². The van der Waals surface area contributed by atoms with Gasteiger partial charge in [0, 0.05) is 4.47 Å². The van der Waals surface area contributed by atoms with E-state index < -0.39 is 12.6 Å². The van der Waals surface area contributed by atoms with Crippen molar-refractivity contribution in [3.8, 4) is 0 Å². The topological polar surface area (TPSA) is 9.23 Å². The maximum Gasteiger partial charge on any atom is 0.391 e. The molecule has 0 unspecified atom stereocenters. The molecule has 1 nitrogen and oxygen atoms in total. The number of alkyl halides is 3. The van der Waals surface area contributed by atoms with Gasteiger partial charge in [-0.25, -0.2) is 0 Å². The Balaban J connectivity index is 2.23. The lowest BCUT2D eigenvalue weighted by Crippen LogP contribution is -2.11. The van der Waals surface area contributed by atoms with E-state index in [1.807, 2.05) is 12.1 Å². The molecule has 5 heteroatoms. The highest BCUT2D eigenvalue weighted by Crippen LogP contribution is 2.19. The lowest BCUT2D eigenvalue weighted by atomic mass is 10.2. The number of benzene rings is 1. The summed E-state index contributed by atoms with van der Waals surface area (Å²) >= 11 is 3.26. The Bertz CT molecular complexity index is 295. The van der Waals surface area contributed by atoms with Crippen molar-refractivity contribution in [2.45, 2.75) is 19.2 Å². The summed E-state index contributed by atoms with van der Waals surface area (Å²) in [7, 11) is 0. The Morgan fingerprint density at radius 2 is 1.73 bits per heavy atom. The zero-order valence-corrected chi connectivity index (χ0v) is 9.44. The quantitative estimate of drug-likeness (QED) is 0.761. The molecule has 0 saturated carbocycles. The van der Waals surface area contributed by atoms with Crippen LogP contribution in [-0.2, 0) is 11.3 Å². The van der Waals surface area contributed by atoms with E-state index in [1.165, 1.54) is 0 Å². The molecule has 0 aliphatic heterocycles. The Morgan fingerprint density at radius 1 is 1.13 bits per heavy atom. The van der Waals surface area contributed by atoms with Crippen LogP contribution in [-0.4, -0.2) is 12.8 Å². The molecule has 0 aliphatic rings. The molecule has 0 N–H and O–H groups in total. The average molecular weight is 283 g/mol. The van der Waals surface area contributed by atoms with Crippen LogP contribution in [0.4, 0.5) is 13.2 Å². The van der Waals surface area contributed by atoms with Gasteiger partial charge in [0.15, 0.2) is 0 Å². The van der Waals surface area contributed by atoms with Crippen LogP contribution in [0, 0.1) is 0 Å². The van der Waals surface area contributed by atoms with Gasteiger partial charge in [-0.15, -0.1) is 0 Å². The predicted molar refractivity (Wildman–Crippen MR) is 54.5 cm³/mol. The second-order valence-corrected chi connectivity index (χ2v) is 3.96. The molecule has 1 aromatic carbocycles. The van der Waals surface area contributed by atoms with Gasteiger partial charge in [-0.3, -0.25) is 0 Å². The van der Waals surface area contributed by atoms with Crippen LogP contribution >= 0.6 is 15.9 Å². The number of rotatable bonds is 4. The molecular formula is C10H10BrF3O. The normalized spacial score (nSPS) is 11.7. The predicted octanol–water partition coefficient (Wildman–Crippen LogP) is 3.92. The van der Waals surface area contributed by atoms with Gasteiger partial charge in [0.25, 0.3) is 0 Å². The number of hydrogen-bond acceptors (Lipinski definition) is 1. The molecule has 0 bridgehead atoms. The highest BCUT2D eigenvalue weighted by molar-refractivity contribution is 9.10. The van der Waals surface area contributed by atoms with Gasteiger partial charge >= 0.3 is 6.18 Å². The summed E-state index contributed by atoms with van der Waals surface area (Å²) in [5.74, 6) is 0. The maximum absolute atomic E-state index is 11.7. The summed E-state index contributed by atoms with van der Waals surface area (Å²) in [6.07, 6.45) is -5.04. The number of hydrogen-bond donors (Lipinski definition) is 0. The van der Waals surface area contributed by atoms with Crippen LogP contribution in [0.1, 0.15) is 12.0 Å². The summed E-state index contributed by atoms with van der Waals surface area (Å²) in [5.41, 5.74) is 0.861. The molecule has 0 saturated heterocycles. The first-order valence-electron chi connectivity index (χ1n) is 4.36. The van der Waals surface area contributed by atoms with E-state index >= 15 is 0 Å². The van der Waals surface area contributed by atoms with Crippen LogP contribution in [0.5, 0.6) is 0 Å². The van der Waals surface area contributed by atoms with Crippen LogP contribution in [0.15, 0.2) is 28.7 Å². The summed E-state index contributed by atoms with van der Waals surface area (Å²) < 4.78 is 41.1. The van der Waals surface area contributed by atoms with E-state index in [2.05, 4.69) is 15.9 Å². The third-order valence-electron chi connectivity index (χ3n) is 1.71. The summed E-state index contributed by atoms with van der Waals surface area (Å²) in [6.45, 7) is -0.0804. The first-order chi connectivity index (χ1) is 6.97. The van der Waals surface area contributed by atoms with E-state index in [1.54, 1.807) is 12.1 Å². The van der Waals surface area contributed by atoms with Crippen molar-refractivity contribution in [2.75, 3.05) is 6.61 Å². The average Bonchev–Trinajstić information content (AvgIpc) is 2.14. The van der Waals surface area contributed by atoms with Gasteiger partial charge in [-0.1, -0.05) is 28.1 Å². The summed E-state index contributed by atoms with van der Waals surface area (Å²) in [4.78, 5) is 0. The van der Waals surface area contributed by atoms with Crippen LogP contribution in [0.25, 0.3) is 0 Å². The second kappa shape index (κ2) is 5.51. The molecule has 0 spiro atoms. The Kier molecular flexibility index (Phi) is 4.60. The fourth-order valence-corrected chi connectivity index (χ4v) is 1.22. The summed E-state index contributed by atoms with van der Waals surface area (Å²) in [5, 5.41) is 0. The fourth-order valence-electron chi connectivity index (χ4n) is 0.959. The fraction of sp³-hybridized carbons (Fsp3) is 0.400. The third-order valence-corrected chi connectivity index (χ3v) is 2.24. The van der Waals surface area contributed by atoms with Crippen molar-refractivity contribution >= 4 is 15.9 Å². The third kappa shape index (κ3) is 5.79. The van der Waals surface area contributed by atoms with Gasteiger partial charge in [0.2, 0.25) is 0 Å². The lowest BCUT2D eigenvalue weighted by molar-refractivity contribution is -0.146. The number of halogens is 4. The Labute approximate surface area is 94.4 Å². The van der Waals surface area contributed by atoms with Gasteiger partial charge < -0.3 is 4.74 Å². The van der Waals surface area contributed by atoms with Crippen LogP contribution in [0.3, 0.4) is 0 Å². The molecule has 0 heterocycles. The molecule has 0 fully saturated rings. The molecule has 84 valence electrons.